The highest BCUT2D eigenvalue weighted by atomic mass is 35.5. The van der Waals surface area contributed by atoms with Gasteiger partial charge in [-0.15, -0.1) is 0 Å². The number of benzene rings is 2. The molecule has 2 aromatic rings. The summed E-state index contributed by atoms with van der Waals surface area (Å²) in [5.41, 5.74) is 3.03. The number of anilines is 2. The first kappa shape index (κ1) is 19.2. The average Bonchev–Trinajstić information content (AvgIpc) is 2.68. The van der Waals surface area contributed by atoms with E-state index >= 15 is 0 Å². The number of nitrogens with zero attached hydrogens (tertiary/aromatic N) is 1. The Morgan fingerprint density at radius 3 is 2.44 bits per heavy atom. The minimum absolute atomic E-state index is 0.124. The maximum absolute atomic E-state index is 12.5. The lowest BCUT2D eigenvalue weighted by Crippen LogP contribution is -2.30. The Bertz CT molecular complexity index is 815. The van der Waals surface area contributed by atoms with Gasteiger partial charge < -0.3 is 15.0 Å². The number of ether oxygens (including phenoxy) is 1. The van der Waals surface area contributed by atoms with Gasteiger partial charge in [-0.1, -0.05) is 23.7 Å². The second-order valence-corrected chi connectivity index (χ2v) is 7.06. The summed E-state index contributed by atoms with van der Waals surface area (Å²) in [6.07, 6.45) is 3.77. The molecule has 1 heterocycles. The van der Waals surface area contributed by atoms with Crippen molar-refractivity contribution in [2.24, 2.45) is 0 Å². The molecule has 0 atom stereocenters. The second-order valence-electron chi connectivity index (χ2n) is 6.62. The van der Waals surface area contributed by atoms with Crippen LogP contribution >= 0.6 is 11.6 Å². The van der Waals surface area contributed by atoms with Crippen LogP contribution in [0, 0.1) is 0 Å². The van der Waals surface area contributed by atoms with E-state index < -0.39 is 5.97 Å². The van der Waals surface area contributed by atoms with E-state index in [1.165, 1.54) is 13.5 Å². The first-order valence-electron chi connectivity index (χ1n) is 9.08. The second kappa shape index (κ2) is 8.91. The van der Waals surface area contributed by atoms with Gasteiger partial charge in [0.15, 0.2) is 0 Å². The molecule has 1 aliphatic heterocycles. The molecule has 0 bridgehead atoms. The lowest BCUT2D eigenvalue weighted by Gasteiger charge is -2.30. The molecule has 0 unspecified atom stereocenters. The summed E-state index contributed by atoms with van der Waals surface area (Å²) in [6.45, 7) is 1.97. The van der Waals surface area contributed by atoms with E-state index in [0.29, 0.717) is 10.6 Å². The van der Waals surface area contributed by atoms with Crippen molar-refractivity contribution in [1.29, 1.82) is 0 Å². The number of rotatable bonds is 5. The number of carbonyl (C=O) groups is 2. The van der Waals surface area contributed by atoms with Gasteiger partial charge in [-0.3, -0.25) is 4.79 Å². The summed E-state index contributed by atoms with van der Waals surface area (Å²) in [6, 6.07) is 12.5. The molecule has 3 rings (SSSR count). The summed E-state index contributed by atoms with van der Waals surface area (Å²) in [5, 5.41) is 3.58. The molecule has 142 valence electrons. The van der Waals surface area contributed by atoms with Crippen molar-refractivity contribution in [3.05, 3.63) is 58.6 Å². The quantitative estimate of drug-likeness (QED) is 0.778. The lowest BCUT2D eigenvalue weighted by atomic mass is 10.1. The van der Waals surface area contributed by atoms with Crippen LogP contribution in [0.3, 0.4) is 0 Å². The normalized spacial score (nSPS) is 13.9. The van der Waals surface area contributed by atoms with Crippen LogP contribution in [0.2, 0.25) is 5.02 Å². The van der Waals surface area contributed by atoms with Crippen LogP contribution < -0.4 is 10.2 Å². The number of nitrogens with one attached hydrogen (secondary N) is 1. The molecule has 1 N–H and O–H groups in total. The number of methoxy groups -OCH3 is 1. The minimum atomic E-state index is -0.392. The van der Waals surface area contributed by atoms with Crippen LogP contribution in [0.4, 0.5) is 11.4 Å². The van der Waals surface area contributed by atoms with E-state index in [-0.39, 0.29) is 12.3 Å². The maximum atomic E-state index is 12.5. The zero-order chi connectivity index (χ0) is 19.2. The standard InChI is InChI=1S/C21H23ClN2O3/c1-27-21(26)16-7-5-15(6-8-16)13-20(25)23-18-14-17(22)9-10-19(18)24-11-3-2-4-12-24/h5-10,14H,2-4,11-13H2,1H3,(H,23,25). The molecule has 0 saturated carbocycles. The molecule has 1 saturated heterocycles. The van der Waals surface area contributed by atoms with E-state index in [0.717, 1.165) is 42.9 Å². The highest BCUT2D eigenvalue weighted by molar-refractivity contribution is 6.31. The summed E-state index contributed by atoms with van der Waals surface area (Å²) in [5.74, 6) is -0.516. The molecular weight excluding hydrogens is 364 g/mol. The highest BCUT2D eigenvalue weighted by Crippen LogP contribution is 2.31. The number of hydrogen-bond acceptors (Lipinski definition) is 4. The fourth-order valence-corrected chi connectivity index (χ4v) is 3.45. The van der Waals surface area contributed by atoms with Gasteiger partial charge >= 0.3 is 5.97 Å². The third-order valence-corrected chi connectivity index (χ3v) is 4.90. The number of amides is 1. The SMILES string of the molecule is COC(=O)c1ccc(CC(=O)Nc2cc(Cl)ccc2N2CCCCC2)cc1. The predicted molar refractivity (Wildman–Crippen MR) is 108 cm³/mol. The molecule has 5 nitrogen and oxygen atoms in total. The number of hydrogen-bond donors (Lipinski definition) is 1. The Labute approximate surface area is 164 Å². The van der Waals surface area contributed by atoms with Gasteiger partial charge in [0, 0.05) is 18.1 Å². The molecule has 0 spiro atoms. The zero-order valence-corrected chi connectivity index (χ0v) is 16.1. The van der Waals surface area contributed by atoms with Gasteiger partial charge in [0.05, 0.1) is 30.5 Å². The number of esters is 1. The Kier molecular flexibility index (Phi) is 6.35. The van der Waals surface area contributed by atoms with Crippen molar-refractivity contribution in [1.82, 2.24) is 0 Å². The summed E-state index contributed by atoms with van der Waals surface area (Å²) >= 11 is 6.15. The van der Waals surface area contributed by atoms with Gasteiger partial charge in [0.2, 0.25) is 5.91 Å². The smallest absolute Gasteiger partial charge is 0.337 e. The van der Waals surface area contributed by atoms with Crippen LogP contribution in [0.5, 0.6) is 0 Å². The topological polar surface area (TPSA) is 58.6 Å². The molecular formula is C21H23ClN2O3. The maximum Gasteiger partial charge on any atom is 0.337 e. The lowest BCUT2D eigenvalue weighted by molar-refractivity contribution is -0.115. The fraction of sp³-hybridized carbons (Fsp3) is 0.333. The summed E-state index contributed by atoms with van der Waals surface area (Å²) in [4.78, 5) is 26.3. The van der Waals surface area contributed by atoms with Crippen LogP contribution in [-0.4, -0.2) is 32.1 Å². The van der Waals surface area contributed by atoms with Crippen molar-refractivity contribution in [3.8, 4) is 0 Å². The van der Waals surface area contributed by atoms with Crippen molar-refractivity contribution >= 4 is 34.9 Å². The largest absolute Gasteiger partial charge is 0.465 e. The fourth-order valence-electron chi connectivity index (χ4n) is 3.28. The Morgan fingerprint density at radius 2 is 1.78 bits per heavy atom. The molecule has 2 aromatic carbocycles. The van der Waals surface area contributed by atoms with Crippen molar-refractivity contribution in [2.45, 2.75) is 25.7 Å². The molecule has 1 fully saturated rings. The molecule has 27 heavy (non-hydrogen) atoms. The number of piperidine rings is 1. The van der Waals surface area contributed by atoms with Crippen molar-refractivity contribution in [2.75, 3.05) is 30.4 Å². The average molecular weight is 387 g/mol. The first-order chi connectivity index (χ1) is 13.1. The third-order valence-electron chi connectivity index (χ3n) is 4.67. The zero-order valence-electron chi connectivity index (χ0n) is 15.3. The molecule has 1 amide bonds. The molecule has 0 aliphatic carbocycles. The van der Waals surface area contributed by atoms with Crippen molar-refractivity contribution < 1.29 is 14.3 Å². The van der Waals surface area contributed by atoms with Crippen molar-refractivity contribution in [3.63, 3.8) is 0 Å². The van der Waals surface area contributed by atoms with Gasteiger partial charge in [0.25, 0.3) is 0 Å². The van der Waals surface area contributed by atoms with E-state index in [1.807, 2.05) is 12.1 Å². The Balaban J connectivity index is 1.70. The molecule has 1 aliphatic rings. The highest BCUT2D eigenvalue weighted by Gasteiger charge is 2.16. The number of carbonyl (C=O) groups excluding carboxylic acids is 2. The molecule has 6 heteroatoms. The van der Waals surface area contributed by atoms with Gasteiger partial charge in [0.1, 0.15) is 0 Å². The van der Waals surface area contributed by atoms with Gasteiger partial charge in [-0.25, -0.2) is 4.79 Å². The Hall–Kier alpha value is -2.53. The van der Waals surface area contributed by atoms with Gasteiger partial charge in [-0.05, 0) is 55.2 Å². The van der Waals surface area contributed by atoms with E-state index in [2.05, 4.69) is 15.0 Å². The third kappa shape index (κ3) is 5.01. The van der Waals surface area contributed by atoms with E-state index in [1.54, 1.807) is 30.3 Å². The van der Waals surface area contributed by atoms with Crippen LogP contribution in [-0.2, 0) is 16.0 Å². The van der Waals surface area contributed by atoms with E-state index in [9.17, 15) is 9.59 Å². The number of halogens is 1. The predicted octanol–water partition coefficient (Wildman–Crippen LogP) is 4.30. The molecule has 0 radical (unpaired) electrons. The summed E-state index contributed by atoms with van der Waals surface area (Å²) < 4.78 is 4.68. The van der Waals surface area contributed by atoms with Crippen LogP contribution in [0.1, 0.15) is 35.2 Å². The summed E-state index contributed by atoms with van der Waals surface area (Å²) in [7, 11) is 1.34. The molecule has 0 aromatic heterocycles. The Morgan fingerprint density at radius 1 is 1.07 bits per heavy atom. The minimum Gasteiger partial charge on any atom is -0.465 e. The van der Waals surface area contributed by atoms with Gasteiger partial charge in [-0.2, -0.15) is 0 Å². The monoisotopic (exact) mass is 386 g/mol. The van der Waals surface area contributed by atoms with Crippen LogP contribution in [0.25, 0.3) is 0 Å². The first-order valence-corrected chi connectivity index (χ1v) is 9.46. The van der Waals surface area contributed by atoms with E-state index in [4.69, 9.17) is 11.6 Å². The van der Waals surface area contributed by atoms with Crippen LogP contribution in [0.15, 0.2) is 42.5 Å².